The standard InChI is InChI=1S/C22H27FN6O2/c1-21(2)11-17(20(23)22(3,4)28-21)31-18-7-6-15(25-26-18)19-16(30)10-13(12-24-19)14-8-9-29(5)27-14/h6-10,12,17,20,28,30H,11H2,1-5H3/t17-,20-/m1/s1. The summed E-state index contributed by atoms with van der Waals surface area (Å²) in [5, 5.41) is 26.3. The van der Waals surface area contributed by atoms with Crippen LogP contribution < -0.4 is 10.1 Å². The van der Waals surface area contributed by atoms with Gasteiger partial charge in [0.15, 0.2) is 6.17 Å². The number of nitrogens with one attached hydrogen (secondary N) is 1. The molecule has 2 atom stereocenters. The molecule has 0 aromatic carbocycles. The molecule has 3 aromatic rings. The van der Waals surface area contributed by atoms with Crippen LogP contribution in [-0.2, 0) is 7.05 Å². The lowest BCUT2D eigenvalue weighted by Crippen LogP contribution is -2.66. The summed E-state index contributed by atoms with van der Waals surface area (Å²) in [6.07, 6.45) is 2.09. The van der Waals surface area contributed by atoms with Gasteiger partial charge in [-0.1, -0.05) is 0 Å². The zero-order chi connectivity index (χ0) is 22.4. The molecule has 4 heterocycles. The lowest BCUT2D eigenvalue weighted by molar-refractivity contribution is -0.0281. The van der Waals surface area contributed by atoms with Crippen LogP contribution in [0.1, 0.15) is 34.1 Å². The molecule has 1 aliphatic rings. The number of alkyl halides is 1. The van der Waals surface area contributed by atoms with Gasteiger partial charge in [-0.15, -0.1) is 10.2 Å². The van der Waals surface area contributed by atoms with Gasteiger partial charge in [0.25, 0.3) is 0 Å². The van der Waals surface area contributed by atoms with E-state index in [2.05, 4.69) is 25.6 Å². The molecule has 1 saturated heterocycles. The predicted octanol–water partition coefficient (Wildman–Crippen LogP) is 3.28. The molecule has 164 valence electrons. The number of piperidine rings is 1. The Bertz CT molecular complexity index is 1080. The van der Waals surface area contributed by atoms with E-state index in [1.807, 2.05) is 47.0 Å². The third-order valence-electron chi connectivity index (χ3n) is 5.42. The highest BCUT2D eigenvalue weighted by Crippen LogP contribution is 2.34. The van der Waals surface area contributed by atoms with E-state index in [-0.39, 0.29) is 17.2 Å². The summed E-state index contributed by atoms with van der Waals surface area (Å²) in [5.74, 6) is 0.200. The molecule has 8 nitrogen and oxygen atoms in total. The monoisotopic (exact) mass is 426 g/mol. The lowest BCUT2D eigenvalue weighted by atomic mass is 9.79. The molecule has 3 aromatic heterocycles. The Morgan fingerprint density at radius 2 is 1.94 bits per heavy atom. The molecule has 0 unspecified atom stereocenters. The maximum absolute atomic E-state index is 14.9. The summed E-state index contributed by atoms with van der Waals surface area (Å²) in [5.41, 5.74) is 1.10. The van der Waals surface area contributed by atoms with Crippen LogP contribution in [0.3, 0.4) is 0 Å². The van der Waals surface area contributed by atoms with E-state index in [4.69, 9.17) is 4.74 Å². The van der Waals surface area contributed by atoms with Gasteiger partial charge in [-0.25, -0.2) is 9.37 Å². The molecule has 0 amide bonds. The van der Waals surface area contributed by atoms with Gasteiger partial charge in [-0.05, 0) is 45.9 Å². The van der Waals surface area contributed by atoms with Gasteiger partial charge in [0.2, 0.25) is 5.88 Å². The lowest BCUT2D eigenvalue weighted by Gasteiger charge is -2.48. The van der Waals surface area contributed by atoms with Crippen LogP contribution in [0.4, 0.5) is 4.39 Å². The highest BCUT2D eigenvalue weighted by Gasteiger charge is 2.47. The van der Waals surface area contributed by atoms with Crippen molar-refractivity contribution >= 4 is 0 Å². The highest BCUT2D eigenvalue weighted by molar-refractivity contribution is 5.68. The van der Waals surface area contributed by atoms with E-state index in [9.17, 15) is 9.50 Å². The van der Waals surface area contributed by atoms with Crippen molar-refractivity contribution in [2.45, 2.75) is 57.5 Å². The molecular formula is C22H27FN6O2. The number of aromatic hydroxyl groups is 1. The number of rotatable bonds is 4. The topological polar surface area (TPSA) is 98.0 Å². The van der Waals surface area contributed by atoms with E-state index in [1.54, 1.807) is 29.1 Å². The molecule has 0 spiro atoms. The average molecular weight is 426 g/mol. The van der Waals surface area contributed by atoms with Crippen LogP contribution in [0.25, 0.3) is 22.6 Å². The van der Waals surface area contributed by atoms with Crippen LogP contribution in [0.2, 0.25) is 0 Å². The fourth-order valence-electron chi connectivity index (χ4n) is 4.19. The minimum absolute atomic E-state index is 0.0307. The zero-order valence-electron chi connectivity index (χ0n) is 18.3. The van der Waals surface area contributed by atoms with Crippen molar-refractivity contribution in [1.29, 1.82) is 0 Å². The largest absolute Gasteiger partial charge is 0.506 e. The molecule has 1 fully saturated rings. The second-order valence-electron chi connectivity index (χ2n) is 9.22. The van der Waals surface area contributed by atoms with E-state index in [0.29, 0.717) is 29.1 Å². The first-order chi connectivity index (χ1) is 14.5. The maximum atomic E-state index is 14.9. The van der Waals surface area contributed by atoms with E-state index in [0.717, 1.165) is 0 Å². The van der Waals surface area contributed by atoms with Crippen LogP contribution in [0.15, 0.2) is 36.7 Å². The summed E-state index contributed by atoms with van der Waals surface area (Å²) < 4.78 is 22.5. The Morgan fingerprint density at radius 1 is 1.16 bits per heavy atom. The SMILES string of the molecule is Cn1ccc(-c2cnc(-c3ccc(O[C@@H]4CC(C)(C)NC(C)(C)[C@@H]4F)nn3)c(O)c2)n1. The van der Waals surface area contributed by atoms with Crippen molar-refractivity contribution < 1.29 is 14.2 Å². The summed E-state index contributed by atoms with van der Waals surface area (Å²) in [4.78, 5) is 4.32. The minimum Gasteiger partial charge on any atom is -0.506 e. The second kappa shape index (κ2) is 7.56. The molecule has 31 heavy (non-hydrogen) atoms. The van der Waals surface area contributed by atoms with Gasteiger partial charge in [0.05, 0.1) is 5.69 Å². The Balaban J connectivity index is 1.52. The summed E-state index contributed by atoms with van der Waals surface area (Å²) in [6, 6.07) is 6.69. The van der Waals surface area contributed by atoms with Crippen molar-refractivity contribution in [3.63, 3.8) is 0 Å². The molecule has 9 heteroatoms. The molecule has 0 saturated carbocycles. The first-order valence-corrected chi connectivity index (χ1v) is 10.2. The summed E-state index contributed by atoms with van der Waals surface area (Å²) >= 11 is 0. The third-order valence-corrected chi connectivity index (χ3v) is 5.42. The van der Waals surface area contributed by atoms with Gasteiger partial charge < -0.3 is 15.2 Å². The van der Waals surface area contributed by atoms with Crippen molar-refractivity contribution in [3.05, 3.63) is 36.7 Å². The molecule has 1 aliphatic heterocycles. The molecule has 0 radical (unpaired) electrons. The van der Waals surface area contributed by atoms with Gasteiger partial charge in [0, 0.05) is 48.6 Å². The predicted molar refractivity (Wildman–Crippen MR) is 114 cm³/mol. The van der Waals surface area contributed by atoms with Crippen LogP contribution in [0.5, 0.6) is 11.6 Å². The molecule has 2 N–H and O–H groups in total. The minimum atomic E-state index is -1.20. The van der Waals surface area contributed by atoms with Crippen LogP contribution in [0, 0.1) is 0 Å². The van der Waals surface area contributed by atoms with Gasteiger partial charge >= 0.3 is 0 Å². The number of nitrogens with zero attached hydrogens (tertiary/aromatic N) is 5. The highest BCUT2D eigenvalue weighted by atomic mass is 19.1. The van der Waals surface area contributed by atoms with Gasteiger partial charge in [-0.2, -0.15) is 5.10 Å². The zero-order valence-corrected chi connectivity index (χ0v) is 18.3. The smallest absolute Gasteiger partial charge is 0.233 e. The number of aromatic nitrogens is 5. The Morgan fingerprint density at radius 3 is 2.55 bits per heavy atom. The number of halogens is 1. The number of hydrogen-bond donors (Lipinski definition) is 2. The quantitative estimate of drug-likeness (QED) is 0.661. The van der Waals surface area contributed by atoms with E-state index < -0.39 is 17.8 Å². The number of hydrogen-bond acceptors (Lipinski definition) is 7. The molecular weight excluding hydrogens is 399 g/mol. The first kappa shape index (κ1) is 21.2. The Labute approximate surface area is 180 Å². The maximum Gasteiger partial charge on any atom is 0.233 e. The van der Waals surface area contributed by atoms with Gasteiger partial charge in [-0.3, -0.25) is 4.68 Å². The van der Waals surface area contributed by atoms with Crippen molar-refractivity contribution in [2.24, 2.45) is 7.05 Å². The van der Waals surface area contributed by atoms with E-state index >= 15 is 0 Å². The Hall–Kier alpha value is -3.07. The summed E-state index contributed by atoms with van der Waals surface area (Å²) in [7, 11) is 1.82. The Kier molecular flexibility index (Phi) is 5.17. The third kappa shape index (κ3) is 4.36. The van der Waals surface area contributed by atoms with Crippen LogP contribution >= 0.6 is 0 Å². The normalized spacial score (nSPS) is 22.3. The second-order valence-corrected chi connectivity index (χ2v) is 9.22. The van der Waals surface area contributed by atoms with Gasteiger partial charge in [0.1, 0.15) is 23.2 Å². The summed E-state index contributed by atoms with van der Waals surface area (Å²) in [6.45, 7) is 7.70. The molecule has 0 aliphatic carbocycles. The van der Waals surface area contributed by atoms with Crippen molar-refractivity contribution in [2.75, 3.05) is 0 Å². The fourth-order valence-corrected chi connectivity index (χ4v) is 4.19. The van der Waals surface area contributed by atoms with E-state index in [1.165, 1.54) is 0 Å². The molecule has 4 rings (SSSR count). The molecule has 0 bridgehead atoms. The fraction of sp³-hybridized carbons (Fsp3) is 0.455. The number of aryl methyl sites for hydroxylation is 1. The number of pyridine rings is 1. The first-order valence-electron chi connectivity index (χ1n) is 10.2. The van der Waals surface area contributed by atoms with Crippen molar-refractivity contribution in [1.82, 2.24) is 30.3 Å². The number of ether oxygens (including phenoxy) is 1. The van der Waals surface area contributed by atoms with Crippen LogP contribution in [-0.4, -0.2) is 53.4 Å². The van der Waals surface area contributed by atoms with Crippen molar-refractivity contribution in [3.8, 4) is 34.3 Å². The average Bonchev–Trinajstić information content (AvgIpc) is 3.12.